The van der Waals surface area contributed by atoms with Crippen molar-refractivity contribution in [1.82, 2.24) is 10.6 Å². The third-order valence-electron chi connectivity index (χ3n) is 2.81. The molecule has 18 heavy (non-hydrogen) atoms. The molecule has 0 saturated heterocycles. The first-order chi connectivity index (χ1) is 8.71. The molecule has 1 rings (SSSR count). The predicted octanol–water partition coefficient (Wildman–Crippen LogP) is 1.87. The summed E-state index contributed by atoms with van der Waals surface area (Å²) >= 11 is 0. The summed E-state index contributed by atoms with van der Waals surface area (Å²) in [6.45, 7) is 5.02. The molecule has 2 N–H and O–H groups in total. The summed E-state index contributed by atoms with van der Waals surface area (Å²) in [5, 5.41) is 6.03. The molecule has 0 radical (unpaired) electrons. The van der Waals surface area contributed by atoms with Crippen molar-refractivity contribution < 1.29 is 9.53 Å². The van der Waals surface area contributed by atoms with Crippen molar-refractivity contribution in [2.75, 3.05) is 20.2 Å². The van der Waals surface area contributed by atoms with Crippen molar-refractivity contribution in [2.45, 2.75) is 26.3 Å². The molecule has 100 valence electrons. The molecule has 1 aromatic rings. The summed E-state index contributed by atoms with van der Waals surface area (Å²) in [5.41, 5.74) is 1.17. The second kappa shape index (κ2) is 7.71. The van der Waals surface area contributed by atoms with Crippen LogP contribution in [0.2, 0.25) is 0 Å². The maximum atomic E-state index is 11.4. The minimum Gasteiger partial charge on any atom is -0.497 e. The van der Waals surface area contributed by atoms with Crippen molar-refractivity contribution in [3.05, 3.63) is 29.8 Å². The Kier molecular flexibility index (Phi) is 6.22. The summed E-state index contributed by atoms with van der Waals surface area (Å²) in [6, 6.07) is 8.12. The van der Waals surface area contributed by atoms with Crippen molar-refractivity contribution >= 4 is 5.91 Å². The van der Waals surface area contributed by atoms with Gasteiger partial charge in [-0.15, -0.1) is 0 Å². The molecule has 0 aliphatic rings. The molecule has 0 spiro atoms. The van der Waals surface area contributed by atoms with Crippen molar-refractivity contribution in [3.63, 3.8) is 0 Å². The average Bonchev–Trinajstić information content (AvgIpc) is 2.40. The van der Waals surface area contributed by atoms with Gasteiger partial charge < -0.3 is 15.4 Å². The lowest BCUT2D eigenvalue weighted by Crippen LogP contribution is -2.35. The van der Waals surface area contributed by atoms with E-state index in [0.29, 0.717) is 13.1 Å². The van der Waals surface area contributed by atoms with Gasteiger partial charge in [-0.3, -0.25) is 4.79 Å². The fraction of sp³-hybridized carbons (Fsp3) is 0.500. The van der Waals surface area contributed by atoms with Crippen LogP contribution in [0.5, 0.6) is 5.75 Å². The minimum absolute atomic E-state index is 0.0319. The normalized spacial score (nSPS) is 11.9. The average molecular weight is 250 g/mol. The van der Waals surface area contributed by atoms with Crippen LogP contribution in [0, 0.1) is 0 Å². The van der Waals surface area contributed by atoms with E-state index in [1.807, 2.05) is 31.2 Å². The highest BCUT2D eigenvalue weighted by Gasteiger charge is 2.10. The van der Waals surface area contributed by atoms with Crippen molar-refractivity contribution in [3.8, 4) is 5.75 Å². The smallest absolute Gasteiger partial charge is 0.233 e. The van der Waals surface area contributed by atoms with E-state index in [-0.39, 0.29) is 11.9 Å². The lowest BCUT2D eigenvalue weighted by molar-refractivity contribution is -0.120. The fourth-order valence-electron chi connectivity index (χ4n) is 1.81. The summed E-state index contributed by atoms with van der Waals surface area (Å²) in [7, 11) is 1.65. The molecule has 4 nitrogen and oxygen atoms in total. The molecule has 4 heteroatoms. The Balaban J connectivity index is 2.56. The Hall–Kier alpha value is -1.55. The molecule has 0 fully saturated rings. The first-order valence-corrected chi connectivity index (χ1v) is 6.35. The number of hydrogen-bond donors (Lipinski definition) is 2. The second-order valence-electron chi connectivity index (χ2n) is 4.07. The van der Waals surface area contributed by atoms with Crippen molar-refractivity contribution in [1.29, 1.82) is 0 Å². The maximum absolute atomic E-state index is 11.4. The largest absolute Gasteiger partial charge is 0.497 e. The predicted molar refractivity (Wildman–Crippen MR) is 72.7 cm³/mol. The Labute approximate surface area is 109 Å². The van der Waals surface area contributed by atoms with Gasteiger partial charge in [0.25, 0.3) is 0 Å². The highest BCUT2D eigenvalue weighted by atomic mass is 16.5. The zero-order chi connectivity index (χ0) is 13.4. The molecule has 0 aliphatic carbocycles. The number of benzene rings is 1. The molecule has 1 unspecified atom stereocenters. The number of carbonyl (C=O) groups is 1. The van der Waals surface area contributed by atoms with Crippen LogP contribution in [0.25, 0.3) is 0 Å². The number of hydrogen-bond acceptors (Lipinski definition) is 3. The lowest BCUT2D eigenvalue weighted by Gasteiger charge is -2.17. The SMILES string of the molecule is CCNC(=O)CNC(CC)c1ccc(OC)cc1. The van der Waals surface area contributed by atoms with Gasteiger partial charge in [0.1, 0.15) is 5.75 Å². The first-order valence-electron chi connectivity index (χ1n) is 6.35. The fourth-order valence-corrected chi connectivity index (χ4v) is 1.81. The molecule has 0 bridgehead atoms. The van der Waals surface area contributed by atoms with Gasteiger partial charge in [0.15, 0.2) is 0 Å². The van der Waals surface area contributed by atoms with E-state index in [4.69, 9.17) is 4.74 Å². The van der Waals surface area contributed by atoms with Crippen LogP contribution in [0.15, 0.2) is 24.3 Å². The third kappa shape index (κ3) is 4.37. The molecule has 1 amide bonds. The monoisotopic (exact) mass is 250 g/mol. The van der Waals surface area contributed by atoms with E-state index in [9.17, 15) is 4.79 Å². The van der Waals surface area contributed by atoms with E-state index in [1.54, 1.807) is 7.11 Å². The van der Waals surface area contributed by atoms with E-state index in [1.165, 1.54) is 5.56 Å². The van der Waals surface area contributed by atoms with Crippen LogP contribution in [0.1, 0.15) is 31.9 Å². The first kappa shape index (κ1) is 14.5. The number of methoxy groups -OCH3 is 1. The molecule has 0 aromatic heterocycles. The van der Waals surface area contributed by atoms with Crippen LogP contribution >= 0.6 is 0 Å². The standard InChI is InChI=1S/C14H22N2O2/c1-4-13(16-10-14(17)15-5-2)11-6-8-12(18-3)9-7-11/h6-9,13,16H,4-5,10H2,1-3H3,(H,15,17). The van der Waals surface area contributed by atoms with Gasteiger partial charge in [0.05, 0.1) is 13.7 Å². The van der Waals surface area contributed by atoms with Gasteiger partial charge in [-0.05, 0) is 31.0 Å². The molecule has 0 heterocycles. The van der Waals surface area contributed by atoms with Crippen LogP contribution in [0.4, 0.5) is 0 Å². The second-order valence-corrected chi connectivity index (χ2v) is 4.07. The Morgan fingerprint density at radius 3 is 2.44 bits per heavy atom. The zero-order valence-corrected chi connectivity index (χ0v) is 11.3. The number of rotatable bonds is 7. The summed E-state index contributed by atoms with van der Waals surface area (Å²) in [4.78, 5) is 11.4. The minimum atomic E-state index is 0.0319. The quantitative estimate of drug-likeness (QED) is 0.776. The molecule has 0 saturated carbocycles. The van der Waals surface area contributed by atoms with Gasteiger partial charge in [-0.2, -0.15) is 0 Å². The summed E-state index contributed by atoms with van der Waals surface area (Å²) in [5.74, 6) is 0.877. The summed E-state index contributed by atoms with van der Waals surface area (Å²) in [6.07, 6.45) is 0.936. The van der Waals surface area contributed by atoms with Gasteiger partial charge in [0.2, 0.25) is 5.91 Å². The topological polar surface area (TPSA) is 50.4 Å². The Morgan fingerprint density at radius 2 is 1.94 bits per heavy atom. The highest BCUT2D eigenvalue weighted by molar-refractivity contribution is 5.77. The number of amides is 1. The molecule has 0 aliphatic heterocycles. The highest BCUT2D eigenvalue weighted by Crippen LogP contribution is 2.19. The summed E-state index contributed by atoms with van der Waals surface area (Å²) < 4.78 is 5.13. The van der Waals surface area contributed by atoms with E-state index < -0.39 is 0 Å². The molecular weight excluding hydrogens is 228 g/mol. The van der Waals surface area contributed by atoms with Crippen LogP contribution in [-0.2, 0) is 4.79 Å². The van der Waals surface area contributed by atoms with E-state index >= 15 is 0 Å². The molecular formula is C14H22N2O2. The van der Waals surface area contributed by atoms with Gasteiger partial charge in [-0.25, -0.2) is 0 Å². The van der Waals surface area contributed by atoms with E-state index in [0.717, 1.165) is 12.2 Å². The number of ether oxygens (including phenoxy) is 1. The van der Waals surface area contributed by atoms with Crippen LogP contribution < -0.4 is 15.4 Å². The zero-order valence-electron chi connectivity index (χ0n) is 11.3. The maximum Gasteiger partial charge on any atom is 0.233 e. The Morgan fingerprint density at radius 1 is 1.28 bits per heavy atom. The molecule has 1 aromatic carbocycles. The van der Waals surface area contributed by atoms with Crippen molar-refractivity contribution in [2.24, 2.45) is 0 Å². The van der Waals surface area contributed by atoms with Gasteiger partial charge in [-0.1, -0.05) is 19.1 Å². The van der Waals surface area contributed by atoms with Gasteiger partial charge >= 0.3 is 0 Å². The number of nitrogens with one attached hydrogen (secondary N) is 2. The molecule has 1 atom stereocenters. The Bertz CT molecular complexity index is 363. The van der Waals surface area contributed by atoms with Crippen LogP contribution in [-0.4, -0.2) is 26.1 Å². The number of likely N-dealkylation sites (N-methyl/N-ethyl adjacent to an activating group) is 1. The lowest BCUT2D eigenvalue weighted by atomic mass is 10.0. The van der Waals surface area contributed by atoms with Gasteiger partial charge in [0, 0.05) is 12.6 Å². The number of carbonyl (C=O) groups excluding carboxylic acids is 1. The third-order valence-corrected chi connectivity index (χ3v) is 2.81. The van der Waals surface area contributed by atoms with E-state index in [2.05, 4.69) is 17.6 Å². The van der Waals surface area contributed by atoms with Crippen LogP contribution in [0.3, 0.4) is 0 Å².